The van der Waals surface area contributed by atoms with Crippen molar-refractivity contribution in [3.05, 3.63) is 0 Å². The zero-order valence-electron chi connectivity index (χ0n) is 10.8. The molecule has 106 valence electrons. The number of carbonyl (C=O) groups is 1. The van der Waals surface area contributed by atoms with Crippen molar-refractivity contribution in [1.29, 1.82) is 0 Å². The van der Waals surface area contributed by atoms with Gasteiger partial charge in [-0.05, 0) is 32.6 Å². The Labute approximate surface area is 106 Å². The summed E-state index contributed by atoms with van der Waals surface area (Å²) >= 11 is 0. The fourth-order valence-electron chi connectivity index (χ4n) is 2.40. The van der Waals surface area contributed by atoms with Crippen molar-refractivity contribution in [2.24, 2.45) is 5.92 Å². The van der Waals surface area contributed by atoms with Gasteiger partial charge in [0.15, 0.2) is 0 Å². The van der Waals surface area contributed by atoms with Crippen molar-refractivity contribution < 1.29 is 18.0 Å². The molecule has 1 fully saturated rings. The summed E-state index contributed by atoms with van der Waals surface area (Å²) in [7, 11) is 0. The van der Waals surface area contributed by atoms with Gasteiger partial charge in [0.25, 0.3) is 0 Å². The Bertz CT molecular complexity index is 275. The van der Waals surface area contributed by atoms with E-state index in [1.807, 2.05) is 12.2 Å². The van der Waals surface area contributed by atoms with Crippen LogP contribution < -0.4 is 10.6 Å². The fourth-order valence-corrected chi connectivity index (χ4v) is 2.40. The Morgan fingerprint density at radius 3 is 2.33 bits per heavy atom. The highest BCUT2D eigenvalue weighted by molar-refractivity contribution is 5.81. The van der Waals surface area contributed by atoms with E-state index < -0.39 is 24.7 Å². The number of hydrogen-bond donors (Lipinski definition) is 2. The lowest BCUT2D eigenvalue weighted by molar-refractivity contribution is -0.139. The van der Waals surface area contributed by atoms with Crippen molar-refractivity contribution in [2.75, 3.05) is 6.54 Å². The van der Waals surface area contributed by atoms with Gasteiger partial charge in [0.05, 0.1) is 6.04 Å². The topological polar surface area (TPSA) is 41.1 Å². The van der Waals surface area contributed by atoms with Gasteiger partial charge in [-0.15, -0.1) is 0 Å². The van der Waals surface area contributed by atoms with Gasteiger partial charge >= 0.3 is 6.18 Å². The molecule has 2 atom stereocenters. The van der Waals surface area contributed by atoms with Crippen molar-refractivity contribution >= 4 is 5.91 Å². The van der Waals surface area contributed by atoms with E-state index in [0.29, 0.717) is 5.92 Å². The molecule has 0 spiro atoms. The average Bonchev–Trinajstić information content (AvgIpc) is 2.77. The molecular weight excluding hydrogens is 245 g/mol. The van der Waals surface area contributed by atoms with Crippen LogP contribution in [0, 0.1) is 5.92 Å². The number of hydrogen-bond acceptors (Lipinski definition) is 2. The molecule has 0 radical (unpaired) electrons. The second-order valence-electron chi connectivity index (χ2n) is 5.05. The molecule has 18 heavy (non-hydrogen) atoms. The zero-order valence-corrected chi connectivity index (χ0v) is 10.8. The number of nitrogens with one attached hydrogen (secondary N) is 2. The maximum Gasteiger partial charge on any atom is 0.405 e. The maximum atomic E-state index is 12.0. The first-order valence-electron chi connectivity index (χ1n) is 6.40. The SMILES string of the molecule is CC(N[C@H](C)C1CCCC1)C(=O)NCC(F)(F)F. The molecule has 1 amide bonds. The third-order valence-electron chi connectivity index (χ3n) is 3.48. The number of alkyl halides is 3. The average molecular weight is 266 g/mol. The molecule has 6 heteroatoms. The highest BCUT2D eigenvalue weighted by Crippen LogP contribution is 2.27. The molecule has 1 aliphatic rings. The Hall–Kier alpha value is -0.780. The molecule has 3 nitrogen and oxygen atoms in total. The first-order valence-corrected chi connectivity index (χ1v) is 6.40. The van der Waals surface area contributed by atoms with Crippen LogP contribution in [0.4, 0.5) is 13.2 Å². The summed E-state index contributed by atoms with van der Waals surface area (Å²) in [5, 5.41) is 4.97. The molecule has 1 rings (SSSR count). The van der Waals surface area contributed by atoms with E-state index in [9.17, 15) is 18.0 Å². The van der Waals surface area contributed by atoms with Gasteiger partial charge in [-0.3, -0.25) is 4.79 Å². The summed E-state index contributed by atoms with van der Waals surface area (Å²) < 4.78 is 35.9. The molecule has 0 aromatic carbocycles. The van der Waals surface area contributed by atoms with Crippen LogP contribution in [0.2, 0.25) is 0 Å². The van der Waals surface area contributed by atoms with Crippen LogP contribution in [-0.4, -0.2) is 30.7 Å². The van der Waals surface area contributed by atoms with Gasteiger partial charge in [0, 0.05) is 6.04 Å². The normalized spacial score (nSPS) is 20.7. The standard InChI is InChI=1S/C12H21F3N2O/c1-8(10-5-3-4-6-10)17-9(2)11(18)16-7-12(13,14)15/h8-10,17H,3-7H2,1-2H3,(H,16,18)/t8-,9?/m1/s1. The molecule has 0 aromatic rings. The molecule has 1 saturated carbocycles. The Morgan fingerprint density at radius 1 is 1.28 bits per heavy atom. The predicted molar refractivity (Wildman–Crippen MR) is 63.1 cm³/mol. The van der Waals surface area contributed by atoms with Crippen LogP contribution in [0.5, 0.6) is 0 Å². The van der Waals surface area contributed by atoms with Crippen molar-refractivity contribution in [3.8, 4) is 0 Å². The molecule has 1 aliphatic carbocycles. The van der Waals surface area contributed by atoms with Crippen molar-refractivity contribution in [3.63, 3.8) is 0 Å². The predicted octanol–water partition coefficient (Wildman–Crippen LogP) is 2.22. The largest absolute Gasteiger partial charge is 0.405 e. The van der Waals surface area contributed by atoms with Gasteiger partial charge in [0.1, 0.15) is 6.54 Å². The van der Waals surface area contributed by atoms with Gasteiger partial charge in [0.2, 0.25) is 5.91 Å². The first kappa shape index (κ1) is 15.3. The molecule has 0 saturated heterocycles. The third kappa shape index (κ3) is 5.25. The molecular formula is C12H21F3N2O. The number of carbonyl (C=O) groups excluding carboxylic acids is 1. The minimum Gasteiger partial charge on any atom is -0.346 e. The maximum absolute atomic E-state index is 12.0. The molecule has 0 aromatic heterocycles. The molecule has 2 N–H and O–H groups in total. The van der Waals surface area contributed by atoms with E-state index in [1.165, 1.54) is 12.8 Å². The molecule has 0 aliphatic heterocycles. The number of halogens is 3. The van der Waals surface area contributed by atoms with Crippen molar-refractivity contribution in [1.82, 2.24) is 10.6 Å². The summed E-state index contributed by atoms with van der Waals surface area (Å²) in [6.07, 6.45) is 0.305. The smallest absolute Gasteiger partial charge is 0.346 e. The molecule has 1 unspecified atom stereocenters. The number of rotatable bonds is 5. The minimum atomic E-state index is -4.35. The quantitative estimate of drug-likeness (QED) is 0.801. The molecule has 0 heterocycles. The summed E-state index contributed by atoms with van der Waals surface area (Å²) in [5.41, 5.74) is 0. The summed E-state index contributed by atoms with van der Waals surface area (Å²) in [6.45, 7) is 2.32. The Kier molecular flexibility index (Phi) is 5.44. The third-order valence-corrected chi connectivity index (χ3v) is 3.48. The summed E-state index contributed by atoms with van der Waals surface area (Å²) in [5.74, 6) is -0.0694. The van der Waals surface area contributed by atoms with Crippen LogP contribution >= 0.6 is 0 Å². The van der Waals surface area contributed by atoms with E-state index in [4.69, 9.17) is 0 Å². The van der Waals surface area contributed by atoms with E-state index in [2.05, 4.69) is 5.32 Å². The van der Waals surface area contributed by atoms with Gasteiger partial charge in [-0.1, -0.05) is 12.8 Å². The van der Waals surface area contributed by atoms with E-state index in [1.54, 1.807) is 6.92 Å². The first-order chi connectivity index (χ1) is 8.29. The molecule has 0 bridgehead atoms. The lowest BCUT2D eigenvalue weighted by Crippen LogP contribution is -2.49. The lowest BCUT2D eigenvalue weighted by atomic mass is 9.99. The van der Waals surface area contributed by atoms with Crippen LogP contribution in [-0.2, 0) is 4.79 Å². The zero-order chi connectivity index (χ0) is 13.8. The van der Waals surface area contributed by atoms with E-state index in [0.717, 1.165) is 12.8 Å². The number of amides is 1. The van der Waals surface area contributed by atoms with Gasteiger partial charge in [-0.2, -0.15) is 13.2 Å². The van der Waals surface area contributed by atoms with Crippen LogP contribution in [0.15, 0.2) is 0 Å². The Balaban J connectivity index is 2.30. The van der Waals surface area contributed by atoms with Crippen LogP contribution in [0.25, 0.3) is 0 Å². The monoisotopic (exact) mass is 266 g/mol. The summed E-state index contributed by atoms with van der Waals surface area (Å²) in [4.78, 5) is 11.5. The highest BCUT2D eigenvalue weighted by Gasteiger charge is 2.29. The Morgan fingerprint density at radius 2 is 1.83 bits per heavy atom. The summed E-state index contributed by atoms with van der Waals surface area (Å²) in [6, 6.07) is -0.429. The highest BCUT2D eigenvalue weighted by atomic mass is 19.4. The lowest BCUT2D eigenvalue weighted by Gasteiger charge is -2.24. The second kappa shape index (κ2) is 6.41. The van der Waals surface area contributed by atoms with Crippen LogP contribution in [0.3, 0.4) is 0 Å². The minimum absolute atomic E-state index is 0.166. The fraction of sp³-hybridized carbons (Fsp3) is 0.917. The van der Waals surface area contributed by atoms with Crippen molar-refractivity contribution in [2.45, 2.75) is 57.8 Å². The second-order valence-corrected chi connectivity index (χ2v) is 5.05. The van der Waals surface area contributed by atoms with E-state index >= 15 is 0 Å². The van der Waals surface area contributed by atoms with Gasteiger partial charge in [-0.25, -0.2) is 0 Å². The van der Waals surface area contributed by atoms with Crippen LogP contribution in [0.1, 0.15) is 39.5 Å². The van der Waals surface area contributed by atoms with Gasteiger partial charge < -0.3 is 10.6 Å². The van der Waals surface area contributed by atoms with E-state index in [-0.39, 0.29) is 6.04 Å².